The molecule has 0 aliphatic rings. The van der Waals surface area contributed by atoms with Crippen molar-refractivity contribution in [2.45, 2.75) is 59.4 Å². The van der Waals surface area contributed by atoms with Crippen molar-refractivity contribution in [3.8, 4) is 0 Å². The molecule has 28 heavy (non-hydrogen) atoms. The van der Waals surface area contributed by atoms with Crippen molar-refractivity contribution in [1.82, 2.24) is 0 Å². The molecule has 0 saturated heterocycles. The first-order valence-electron chi connectivity index (χ1n) is 10.8. The second kappa shape index (κ2) is 9.38. The summed E-state index contributed by atoms with van der Waals surface area (Å²) in [6.07, 6.45) is 5.25. The Morgan fingerprint density at radius 2 is 0.857 bits per heavy atom. The second-order valence-corrected chi connectivity index (χ2v) is 12.4. The van der Waals surface area contributed by atoms with Crippen LogP contribution in [0.4, 0.5) is 0 Å². The molecule has 0 saturated carbocycles. The monoisotopic (exact) mass is 386 g/mol. The number of hydrogen-bond donors (Lipinski definition) is 0. The fourth-order valence-corrected chi connectivity index (χ4v) is 9.12. The molecular weight excluding hydrogens is 352 g/mol. The normalized spacial score (nSPS) is 11.6. The van der Waals surface area contributed by atoms with E-state index in [0.717, 1.165) is 0 Å². The predicted octanol–water partition coefficient (Wildman–Crippen LogP) is 5.66. The van der Waals surface area contributed by atoms with E-state index in [9.17, 15) is 0 Å². The Kier molecular flexibility index (Phi) is 6.91. The van der Waals surface area contributed by atoms with E-state index in [2.05, 4.69) is 100 Å². The van der Waals surface area contributed by atoms with Gasteiger partial charge in [-0.2, -0.15) is 0 Å². The molecular formula is C27H34Si. The van der Waals surface area contributed by atoms with Crippen LogP contribution in [0.2, 0.25) is 6.04 Å². The van der Waals surface area contributed by atoms with Gasteiger partial charge >= 0.3 is 0 Å². The maximum absolute atomic E-state index is 2.40. The molecule has 0 heterocycles. The Morgan fingerprint density at radius 1 is 0.500 bits per heavy atom. The largest absolute Gasteiger partial charge is 0.148 e. The topological polar surface area (TPSA) is 0 Å². The summed E-state index contributed by atoms with van der Waals surface area (Å²) >= 11 is 0. The minimum atomic E-state index is -2.04. The lowest BCUT2D eigenvalue weighted by molar-refractivity contribution is 0.698. The number of unbranched alkanes of at least 4 members (excludes halogenated alkanes) is 3. The summed E-state index contributed by atoms with van der Waals surface area (Å²) in [6.45, 7) is 8.86. The number of rotatable bonds is 8. The first kappa shape index (κ1) is 20.6. The Labute approximate surface area is 172 Å². The molecule has 0 aromatic heterocycles. The molecule has 0 aliphatic carbocycles. The zero-order valence-electron chi connectivity index (χ0n) is 18.0. The van der Waals surface area contributed by atoms with Gasteiger partial charge < -0.3 is 0 Å². The van der Waals surface area contributed by atoms with Gasteiger partial charge in [-0.3, -0.25) is 0 Å². The Hall–Kier alpha value is -2.12. The van der Waals surface area contributed by atoms with Crippen molar-refractivity contribution in [3.05, 3.63) is 89.5 Å². The lowest BCUT2D eigenvalue weighted by Crippen LogP contribution is -2.67. The molecule has 0 radical (unpaired) electrons. The van der Waals surface area contributed by atoms with E-state index in [1.165, 1.54) is 48.4 Å². The highest BCUT2D eigenvalue weighted by atomic mass is 28.3. The number of benzene rings is 3. The molecule has 0 fully saturated rings. The van der Waals surface area contributed by atoms with E-state index < -0.39 is 8.07 Å². The van der Waals surface area contributed by atoms with Gasteiger partial charge in [0, 0.05) is 0 Å². The van der Waals surface area contributed by atoms with Crippen LogP contribution in [0.1, 0.15) is 49.3 Å². The van der Waals surface area contributed by atoms with Gasteiger partial charge in [-0.05, 0) is 42.4 Å². The molecule has 0 amide bonds. The summed E-state index contributed by atoms with van der Waals surface area (Å²) < 4.78 is 0. The van der Waals surface area contributed by atoms with E-state index in [-0.39, 0.29) is 0 Å². The molecule has 1 heteroatoms. The van der Waals surface area contributed by atoms with Gasteiger partial charge in [0.1, 0.15) is 8.07 Å². The van der Waals surface area contributed by atoms with Crippen LogP contribution in [-0.2, 0) is 0 Å². The van der Waals surface area contributed by atoms with E-state index in [0.29, 0.717) is 0 Å². The smallest absolute Gasteiger partial charge is 0.0654 e. The van der Waals surface area contributed by atoms with E-state index in [1.54, 1.807) is 15.6 Å². The van der Waals surface area contributed by atoms with Crippen molar-refractivity contribution in [1.29, 1.82) is 0 Å². The summed E-state index contributed by atoms with van der Waals surface area (Å²) in [5, 5.41) is 4.63. The van der Waals surface area contributed by atoms with Gasteiger partial charge in [-0.25, -0.2) is 0 Å². The van der Waals surface area contributed by atoms with Crippen LogP contribution in [0.15, 0.2) is 72.8 Å². The van der Waals surface area contributed by atoms with E-state index >= 15 is 0 Å². The Morgan fingerprint density at radius 3 is 1.18 bits per heavy atom. The van der Waals surface area contributed by atoms with E-state index in [4.69, 9.17) is 0 Å². The molecule has 0 N–H and O–H groups in total. The third kappa shape index (κ3) is 4.47. The zero-order valence-corrected chi connectivity index (χ0v) is 19.0. The summed E-state index contributed by atoms with van der Waals surface area (Å²) in [7, 11) is -2.04. The van der Waals surface area contributed by atoms with Gasteiger partial charge in [0.15, 0.2) is 0 Å². The standard InChI is InChI=1S/C27H34Si/c1-5-6-7-8-21-28(25-15-9-22(2)10-16-25,26-17-11-23(3)12-18-26)27-19-13-24(4)14-20-27/h9-20H,5-8,21H2,1-4H3. The van der Waals surface area contributed by atoms with Crippen LogP contribution in [0, 0.1) is 20.8 Å². The van der Waals surface area contributed by atoms with Crippen LogP contribution in [0.5, 0.6) is 0 Å². The fourth-order valence-electron chi connectivity index (χ4n) is 4.26. The third-order valence-electron chi connectivity index (χ3n) is 6.04. The SMILES string of the molecule is CCCCCC[Si](c1ccc(C)cc1)(c1ccc(C)cc1)c1ccc(C)cc1. The van der Waals surface area contributed by atoms with Gasteiger partial charge in [0.2, 0.25) is 0 Å². The molecule has 0 unspecified atom stereocenters. The summed E-state index contributed by atoms with van der Waals surface area (Å²) in [4.78, 5) is 0. The highest BCUT2D eigenvalue weighted by molar-refractivity contribution is 7.11. The summed E-state index contributed by atoms with van der Waals surface area (Å²) in [5.74, 6) is 0. The lowest BCUT2D eigenvalue weighted by Gasteiger charge is -2.34. The molecule has 0 nitrogen and oxygen atoms in total. The predicted molar refractivity (Wildman–Crippen MR) is 127 cm³/mol. The van der Waals surface area contributed by atoms with Crippen LogP contribution in [0.25, 0.3) is 0 Å². The number of aryl methyl sites for hydroxylation is 3. The molecule has 0 spiro atoms. The van der Waals surface area contributed by atoms with Crippen molar-refractivity contribution < 1.29 is 0 Å². The van der Waals surface area contributed by atoms with Crippen LogP contribution < -0.4 is 15.6 Å². The average Bonchev–Trinajstić information content (AvgIpc) is 2.71. The minimum Gasteiger partial charge on any atom is -0.0654 e. The Balaban J connectivity index is 2.18. The lowest BCUT2D eigenvalue weighted by atomic mass is 10.2. The van der Waals surface area contributed by atoms with Crippen molar-refractivity contribution in [2.75, 3.05) is 0 Å². The highest BCUT2D eigenvalue weighted by Crippen LogP contribution is 2.19. The molecule has 0 aliphatic heterocycles. The van der Waals surface area contributed by atoms with Crippen molar-refractivity contribution >= 4 is 23.6 Å². The number of hydrogen-bond acceptors (Lipinski definition) is 0. The molecule has 3 aromatic rings. The molecule has 0 bridgehead atoms. The zero-order chi connectivity index (χ0) is 20.0. The fraction of sp³-hybridized carbons (Fsp3) is 0.333. The maximum atomic E-state index is 2.40. The first-order valence-corrected chi connectivity index (χ1v) is 13.0. The van der Waals surface area contributed by atoms with Crippen molar-refractivity contribution in [2.24, 2.45) is 0 Å². The van der Waals surface area contributed by atoms with Gasteiger partial charge in [-0.1, -0.05) is 122 Å². The van der Waals surface area contributed by atoms with Crippen LogP contribution >= 0.6 is 0 Å². The first-order chi connectivity index (χ1) is 13.6. The molecule has 3 aromatic carbocycles. The third-order valence-corrected chi connectivity index (χ3v) is 11.1. The minimum absolute atomic E-state index is 1.28. The van der Waals surface area contributed by atoms with Gasteiger partial charge in [0.25, 0.3) is 0 Å². The van der Waals surface area contributed by atoms with Crippen LogP contribution in [-0.4, -0.2) is 8.07 Å². The molecule has 146 valence electrons. The molecule has 0 atom stereocenters. The Bertz CT molecular complexity index is 747. The summed E-state index contributed by atoms with van der Waals surface area (Å²) in [6, 6.07) is 29.5. The molecule has 3 rings (SSSR count). The van der Waals surface area contributed by atoms with Crippen LogP contribution in [0.3, 0.4) is 0 Å². The van der Waals surface area contributed by atoms with Gasteiger partial charge in [0.05, 0.1) is 0 Å². The van der Waals surface area contributed by atoms with Gasteiger partial charge in [-0.15, -0.1) is 0 Å². The summed E-state index contributed by atoms with van der Waals surface area (Å²) in [5.41, 5.74) is 4.02. The average molecular weight is 387 g/mol. The maximum Gasteiger partial charge on any atom is 0.148 e. The van der Waals surface area contributed by atoms with E-state index in [1.807, 2.05) is 0 Å². The highest BCUT2D eigenvalue weighted by Gasteiger charge is 2.38. The quantitative estimate of drug-likeness (QED) is 0.266. The second-order valence-electron chi connectivity index (χ2n) is 8.31. The van der Waals surface area contributed by atoms with Crippen molar-refractivity contribution in [3.63, 3.8) is 0 Å².